The van der Waals surface area contributed by atoms with Crippen LogP contribution in [0.2, 0.25) is 0 Å². The van der Waals surface area contributed by atoms with Gasteiger partial charge in [-0.15, -0.1) is 5.10 Å². The van der Waals surface area contributed by atoms with Gasteiger partial charge in [0.1, 0.15) is 5.60 Å². The zero-order chi connectivity index (χ0) is 18.6. The summed E-state index contributed by atoms with van der Waals surface area (Å²) in [5.41, 5.74) is 6.55. The lowest BCUT2D eigenvalue weighted by Crippen LogP contribution is -2.58. The summed E-state index contributed by atoms with van der Waals surface area (Å²) in [6, 6.07) is 1.60. The molecule has 0 amide bonds. The molecule has 0 aliphatic carbocycles. The van der Waals surface area contributed by atoms with E-state index in [-0.39, 0.29) is 24.4 Å². The minimum Gasteiger partial charge on any atom is -0.464 e. The Morgan fingerprint density at radius 1 is 1.36 bits per heavy atom. The van der Waals surface area contributed by atoms with Crippen molar-refractivity contribution >= 4 is 17.6 Å². The number of nitrogens with zero attached hydrogens (tertiary/aromatic N) is 4. The van der Waals surface area contributed by atoms with Crippen LogP contribution in [0.4, 0.5) is 5.69 Å². The van der Waals surface area contributed by atoms with Crippen molar-refractivity contribution in [1.29, 1.82) is 0 Å². The number of anilines is 1. The molecule has 9 nitrogen and oxygen atoms in total. The molecule has 1 fully saturated rings. The number of methoxy groups -OCH3 is 1. The highest BCUT2D eigenvalue weighted by atomic mass is 16.6. The molecule has 25 heavy (non-hydrogen) atoms. The number of nitrogens with two attached hydrogens (primary N) is 1. The van der Waals surface area contributed by atoms with Gasteiger partial charge in [0.05, 0.1) is 31.7 Å². The smallest absolute Gasteiger partial charge is 0.358 e. The molecule has 138 valence electrons. The number of carbonyl (C=O) groups excluding carboxylic acids is 2. The first kappa shape index (κ1) is 19.1. The Morgan fingerprint density at radius 2 is 2.08 bits per heavy atom. The monoisotopic (exact) mass is 351 g/mol. The summed E-state index contributed by atoms with van der Waals surface area (Å²) in [7, 11) is 1.29. The zero-order valence-corrected chi connectivity index (χ0v) is 15.1. The minimum absolute atomic E-state index is 0.128. The highest BCUT2D eigenvalue weighted by molar-refractivity contribution is 5.87. The van der Waals surface area contributed by atoms with E-state index in [9.17, 15) is 9.59 Å². The Kier molecular flexibility index (Phi) is 5.91. The van der Waals surface area contributed by atoms with Crippen molar-refractivity contribution in [3.63, 3.8) is 0 Å². The first-order valence-electron chi connectivity index (χ1n) is 8.07. The van der Waals surface area contributed by atoms with Gasteiger partial charge in [-0.3, -0.25) is 9.69 Å². The van der Waals surface area contributed by atoms with Crippen LogP contribution in [0.15, 0.2) is 12.3 Å². The van der Waals surface area contributed by atoms with E-state index in [1.807, 2.05) is 30.6 Å². The number of hydrogen-bond donors (Lipinski definition) is 1. The second-order valence-electron chi connectivity index (χ2n) is 6.87. The van der Waals surface area contributed by atoms with Gasteiger partial charge in [0, 0.05) is 19.6 Å². The Morgan fingerprint density at radius 3 is 2.68 bits per heavy atom. The molecule has 2 heterocycles. The Bertz CT molecular complexity index is 631. The van der Waals surface area contributed by atoms with Crippen LogP contribution in [0, 0.1) is 0 Å². The summed E-state index contributed by atoms with van der Waals surface area (Å²) in [6.45, 7) is 7.44. The molecule has 1 atom stereocenters. The fraction of sp³-hybridized carbons (Fsp3) is 0.625. The van der Waals surface area contributed by atoms with E-state index in [0.29, 0.717) is 25.3 Å². The predicted molar refractivity (Wildman–Crippen MR) is 91.0 cm³/mol. The lowest BCUT2D eigenvalue weighted by atomic mass is 10.2. The fourth-order valence-corrected chi connectivity index (χ4v) is 2.61. The predicted octanol–water partition coefficient (Wildman–Crippen LogP) is 0.0117. The molecule has 2 N–H and O–H groups in total. The molecule has 1 unspecified atom stereocenters. The highest BCUT2D eigenvalue weighted by Crippen LogP contribution is 2.19. The standard InChI is InChI=1S/C16H25N5O4/c1-16(2,3)25-14(22)10-20-5-6-21(13(17)9-20)11-7-12(15(23)24-4)19-18-8-11/h7-8,13H,5-6,9-10,17H2,1-4H3. The van der Waals surface area contributed by atoms with Crippen molar-refractivity contribution in [2.75, 3.05) is 38.2 Å². The van der Waals surface area contributed by atoms with Crippen molar-refractivity contribution < 1.29 is 19.1 Å². The summed E-state index contributed by atoms with van der Waals surface area (Å²) < 4.78 is 9.99. The van der Waals surface area contributed by atoms with Crippen LogP contribution in [0.5, 0.6) is 0 Å². The van der Waals surface area contributed by atoms with Crippen LogP contribution in [0.25, 0.3) is 0 Å². The number of carbonyl (C=O) groups is 2. The maximum Gasteiger partial charge on any atom is 0.358 e. The van der Waals surface area contributed by atoms with Crippen molar-refractivity contribution in [1.82, 2.24) is 15.1 Å². The molecule has 1 aliphatic heterocycles. The zero-order valence-electron chi connectivity index (χ0n) is 15.1. The molecule has 2 rings (SSSR count). The first-order chi connectivity index (χ1) is 11.7. The van der Waals surface area contributed by atoms with Crippen LogP contribution >= 0.6 is 0 Å². The number of hydrogen-bond acceptors (Lipinski definition) is 9. The third kappa shape index (κ3) is 5.36. The minimum atomic E-state index is -0.550. The summed E-state index contributed by atoms with van der Waals surface area (Å²) in [5.74, 6) is -0.821. The van der Waals surface area contributed by atoms with E-state index in [4.69, 9.17) is 10.5 Å². The third-order valence-electron chi connectivity index (χ3n) is 3.64. The van der Waals surface area contributed by atoms with Crippen LogP contribution in [0.3, 0.4) is 0 Å². The molecule has 9 heteroatoms. The Hall–Kier alpha value is -2.26. The van der Waals surface area contributed by atoms with Crippen molar-refractivity contribution in [2.45, 2.75) is 32.5 Å². The van der Waals surface area contributed by atoms with Crippen LogP contribution in [0.1, 0.15) is 31.3 Å². The Labute approximate surface area is 147 Å². The molecule has 0 bridgehead atoms. The van der Waals surface area contributed by atoms with Gasteiger partial charge in [-0.05, 0) is 26.8 Å². The van der Waals surface area contributed by atoms with Gasteiger partial charge in [0.15, 0.2) is 5.69 Å². The van der Waals surface area contributed by atoms with Crippen molar-refractivity contribution in [3.05, 3.63) is 18.0 Å². The normalized spacial score (nSPS) is 18.8. The molecular formula is C16H25N5O4. The average Bonchev–Trinajstić information content (AvgIpc) is 2.52. The second kappa shape index (κ2) is 7.75. The Balaban J connectivity index is 1.98. The molecular weight excluding hydrogens is 326 g/mol. The van der Waals surface area contributed by atoms with Crippen LogP contribution < -0.4 is 10.6 Å². The van der Waals surface area contributed by atoms with Crippen LogP contribution in [-0.2, 0) is 14.3 Å². The van der Waals surface area contributed by atoms with Crippen LogP contribution in [-0.4, -0.2) is 72.1 Å². The molecule has 0 saturated carbocycles. The van der Waals surface area contributed by atoms with E-state index in [2.05, 4.69) is 14.9 Å². The summed E-state index contributed by atoms with van der Waals surface area (Å²) >= 11 is 0. The molecule has 1 aromatic heterocycles. The average molecular weight is 351 g/mol. The van der Waals surface area contributed by atoms with Gasteiger partial charge >= 0.3 is 11.9 Å². The van der Waals surface area contributed by atoms with E-state index in [1.165, 1.54) is 7.11 Å². The van der Waals surface area contributed by atoms with E-state index in [1.54, 1.807) is 12.3 Å². The number of rotatable bonds is 4. The van der Waals surface area contributed by atoms with Crippen molar-refractivity contribution in [2.24, 2.45) is 5.73 Å². The van der Waals surface area contributed by atoms with Gasteiger partial charge in [-0.25, -0.2) is 4.79 Å². The lowest BCUT2D eigenvalue weighted by Gasteiger charge is -2.40. The molecule has 0 spiro atoms. The first-order valence-corrected chi connectivity index (χ1v) is 8.07. The SMILES string of the molecule is COC(=O)c1cc(N2CCN(CC(=O)OC(C)(C)C)CC2N)cnn1. The summed E-state index contributed by atoms with van der Waals surface area (Å²) in [5, 5.41) is 7.59. The quantitative estimate of drug-likeness (QED) is 0.750. The third-order valence-corrected chi connectivity index (χ3v) is 3.64. The number of ether oxygens (including phenoxy) is 2. The topological polar surface area (TPSA) is 111 Å². The lowest BCUT2D eigenvalue weighted by molar-refractivity contribution is -0.156. The second-order valence-corrected chi connectivity index (χ2v) is 6.87. The largest absolute Gasteiger partial charge is 0.464 e. The van der Waals surface area contributed by atoms with Crippen molar-refractivity contribution in [3.8, 4) is 0 Å². The number of piperazine rings is 1. The number of esters is 2. The molecule has 1 saturated heterocycles. The molecule has 0 radical (unpaired) electrons. The van der Waals surface area contributed by atoms with E-state index >= 15 is 0 Å². The molecule has 1 aromatic rings. The van der Waals surface area contributed by atoms with Gasteiger partial charge in [-0.1, -0.05) is 0 Å². The van der Waals surface area contributed by atoms with Gasteiger partial charge < -0.3 is 20.1 Å². The summed E-state index contributed by atoms with van der Waals surface area (Å²) in [4.78, 5) is 27.4. The van der Waals surface area contributed by atoms with E-state index < -0.39 is 11.6 Å². The summed E-state index contributed by atoms with van der Waals surface area (Å²) in [6.07, 6.45) is 1.21. The van der Waals surface area contributed by atoms with Gasteiger partial charge in [0.25, 0.3) is 0 Å². The van der Waals surface area contributed by atoms with E-state index in [0.717, 1.165) is 0 Å². The van der Waals surface area contributed by atoms with Gasteiger partial charge in [-0.2, -0.15) is 5.10 Å². The van der Waals surface area contributed by atoms with Gasteiger partial charge in [0.2, 0.25) is 0 Å². The maximum atomic E-state index is 11.9. The number of aromatic nitrogens is 2. The fourth-order valence-electron chi connectivity index (χ4n) is 2.61. The molecule has 1 aliphatic rings. The highest BCUT2D eigenvalue weighted by Gasteiger charge is 2.28. The molecule has 0 aromatic carbocycles. The maximum absolute atomic E-state index is 11.9.